The van der Waals surface area contributed by atoms with E-state index in [0.717, 1.165) is 6.08 Å². The normalized spacial score (nSPS) is 10.6. The molecule has 0 aliphatic heterocycles. The highest BCUT2D eigenvalue weighted by Crippen LogP contribution is 2.38. The van der Waals surface area contributed by atoms with E-state index in [2.05, 4.69) is 0 Å². The molecule has 1 N–H and O–H groups in total. The molecule has 0 radical (unpaired) electrons. The maximum absolute atomic E-state index is 11.4. The van der Waals surface area contributed by atoms with Gasteiger partial charge in [0.2, 0.25) is 5.75 Å². The average Bonchev–Trinajstić information content (AvgIpc) is 2.45. The van der Waals surface area contributed by atoms with E-state index in [1.807, 2.05) is 6.07 Å². The Bertz CT molecular complexity index is 546. The number of hydrogen-bond donors (Lipinski definition) is 1. The molecule has 0 aliphatic rings. The molecule has 0 bridgehead atoms. The number of allylic oxidation sites excluding steroid dienone is 1. The van der Waals surface area contributed by atoms with Crippen molar-refractivity contribution in [3.63, 3.8) is 0 Å². The van der Waals surface area contributed by atoms with Gasteiger partial charge in [0.15, 0.2) is 11.5 Å². The first-order valence-electron chi connectivity index (χ1n) is 5.81. The molecular formula is C14H15NO5. The summed E-state index contributed by atoms with van der Waals surface area (Å²) < 4.78 is 14.7. The second-order valence-electron chi connectivity index (χ2n) is 3.65. The lowest BCUT2D eigenvalue weighted by Crippen LogP contribution is -2.01. The average molecular weight is 277 g/mol. The SMILES string of the molecule is CCOC(=O)C=C(C#N)c1cc(OC)c(O)c(OC)c1. The van der Waals surface area contributed by atoms with Gasteiger partial charge in [-0.05, 0) is 19.1 Å². The summed E-state index contributed by atoms with van der Waals surface area (Å²) in [5, 5.41) is 18.9. The van der Waals surface area contributed by atoms with Gasteiger partial charge in [0, 0.05) is 11.6 Å². The highest BCUT2D eigenvalue weighted by atomic mass is 16.5. The van der Waals surface area contributed by atoms with Crippen molar-refractivity contribution >= 4 is 11.5 Å². The fourth-order valence-electron chi connectivity index (χ4n) is 1.53. The molecular weight excluding hydrogens is 262 g/mol. The predicted octanol–water partition coefficient (Wildman–Crippen LogP) is 1.88. The fraction of sp³-hybridized carbons (Fsp3) is 0.286. The van der Waals surface area contributed by atoms with E-state index in [1.165, 1.54) is 26.4 Å². The van der Waals surface area contributed by atoms with Gasteiger partial charge in [-0.2, -0.15) is 5.26 Å². The van der Waals surface area contributed by atoms with Crippen LogP contribution in [-0.4, -0.2) is 31.9 Å². The Morgan fingerprint density at radius 1 is 1.35 bits per heavy atom. The Morgan fingerprint density at radius 3 is 2.30 bits per heavy atom. The Kier molecular flexibility index (Phi) is 5.42. The Labute approximate surface area is 116 Å². The van der Waals surface area contributed by atoms with Crippen molar-refractivity contribution in [2.45, 2.75) is 6.92 Å². The number of rotatable bonds is 5. The van der Waals surface area contributed by atoms with Crippen molar-refractivity contribution in [2.75, 3.05) is 20.8 Å². The molecule has 0 aromatic heterocycles. The highest BCUT2D eigenvalue weighted by molar-refractivity contribution is 5.95. The van der Waals surface area contributed by atoms with Gasteiger partial charge < -0.3 is 19.3 Å². The zero-order valence-corrected chi connectivity index (χ0v) is 11.5. The fourth-order valence-corrected chi connectivity index (χ4v) is 1.53. The molecule has 1 rings (SSSR count). The van der Waals surface area contributed by atoms with Crippen LogP contribution in [-0.2, 0) is 9.53 Å². The van der Waals surface area contributed by atoms with E-state index in [-0.39, 0.29) is 29.4 Å². The second kappa shape index (κ2) is 7.04. The first-order valence-corrected chi connectivity index (χ1v) is 5.81. The van der Waals surface area contributed by atoms with Crippen LogP contribution in [0.1, 0.15) is 12.5 Å². The first kappa shape index (κ1) is 15.4. The first-order chi connectivity index (χ1) is 9.57. The Morgan fingerprint density at radius 2 is 1.90 bits per heavy atom. The second-order valence-corrected chi connectivity index (χ2v) is 3.65. The predicted molar refractivity (Wildman–Crippen MR) is 71.4 cm³/mol. The summed E-state index contributed by atoms with van der Waals surface area (Å²) in [5.74, 6) is -0.504. The number of phenolic OH excluding ortho intramolecular Hbond substituents is 1. The lowest BCUT2D eigenvalue weighted by molar-refractivity contribution is -0.137. The van der Waals surface area contributed by atoms with Crippen LogP contribution >= 0.6 is 0 Å². The van der Waals surface area contributed by atoms with Crippen LogP contribution in [0.3, 0.4) is 0 Å². The van der Waals surface area contributed by atoms with E-state index in [4.69, 9.17) is 19.5 Å². The van der Waals surface area contributed by atoms with Crippen LogP contribution in [0.15, 0.2) is 18.2 Å². The summed E-state index contributed by atoms with van der Waals surface area (Å²) >= 11 is 0. The lowest BCUT2D eigenvalue weighted by Gasteiger charge is -2.10. The molecule has 0 amide bonds. The molecule has 106 valence electrons. The number of hydrogen-bond acceptors (Lipinski definition) is 6. The lowest BCUT2D eigenvalue weighted by atomic mass is 10.1. The van der Waals surface area contributed by atoms with Gasteiger partial charge in [-0.1, -0.05) is 0 Å². The number of aromatic hydroxyl groups is 1. The zero-order valence-electron chi connectivity index (χ0n) is 11.5. The van der Waals surface area contributed by atoms with Crippen molar-refractivity contribution in [1.29, 1.82) is 5.26 Å². The van der Waals surface area contributed by atoms with Gasteiger partial charge >= 0.3 is 5.97 Å². The minimum Gasteiger partial charge on any atom is -0.502 e. The number of methoxy groups -OCH3 is 2. The molecule has 1 aromatic rings. The van der Waals surface area contributed by atoms with Crippen LogP contribution in [0.2, 0.25) is 0 Å². The molecule has 6 heteroatoms. The number of phenols is 1. The molecule has 0 fully saturated rings. The van der Waals surface area contributed by atoms with Crippen LogP contribution in [0.25, 0.3) is 5.57 Å². The maximum Gasteiger partial charge on any atom is 0.332 e. The molecule has 1 aromatic carbocycles. The van der Waals surface area contributed by atoms with Gasteiger partial charge in [0.25, 0.3) is 0 Å². The molecule has 0 saturated heterocycles. The Balaban J connectivity index is 3.30. The molecule has 0 heterocycles. The van der Waals surface area contributed by atoms with E-state index in [9.17, 15) is 9.90 Å². The molecule has 0 unspecified atom stereocenters. The molecule has 6 nitrogen and oxygen atoms in total. The van der Waals surface area contributed by atoms with Crippen molar-refractivity contribution < 1.29 is 24.1 Å². The monoisotopic (exact) mass is 277 g/mol. The van der Waals surface area contributed by atoms with Gasteiger partial charge in [0.05, 0.1) is 26.4 Å². The van der Waals surface area contributed by atoms with Crippen molar-refractivity contribution in [1.82, 2.24) is 0 Å². The quantitative estimate of drug-likeness (QED) is 0.502. The summed E-state index contributed by atoms with van der Waals surface area (Å²) in [4.78, 5) is 11.4. The topological polar surface area (TPSA) is 88.8 Å². The minimum absolute atomic E-state index is 0.0834. The highest BCUT2D eigenvalue weighted by Gasteiger charge is 2.14. The van der Waals surface area contributed by atoms with E-state index >= 15 is 0 Å². The Hall–Kier alpha value is -2.68. The molecule has 0 saturated carbocycles. The number of benzene rings is 1. The third kappa shape index (κ3) is 3.42. The van der Waals surface area contributed by atoms with Gasteiger partial charge in [-0.25, -0.2) is 4.79 Å². The van der Waals surface area contributed by atoms with Crippen LogP contribution in [0, 0.1) is 11.3 Å². The summed E-state index contributed by atoms with van der Waals surface area (Å²) in [5.41, 5.74) is 0.465. The standard InChI is InChI=1S/C14H15NO5/c1-4-20-13(16)7-10(8-15)9-5-11(18-2)14(17)12(6-9)19-3/h5-7,17H,4H2,1-3H3. The summed E-state index contributed by atoms with van der Waals surface area (Å²) in [6, 6.07) is 4.77. The largest absolute Gasteiger partial charge is 0.502 e. The van der Waals surface area contributed by atoms with Gasteiger partial charge in [-0.15, -0.1) is 0 Å². The minimum atomic E-state index is -0.616. The molecule has 0 aliphatic carbocycles. The van der Waals surface area contributed by atoms with Crippen LogP contribution in [0.4, 0.5) is 0 Å². The van der Waals surface area contributed by atoms with Crippen LogP contribution < -0.4 is 9.47 Å². The molecule has 0 spiro atoms. The molecule has 20 heavy (non-hydrogen) atoms. The number of esters is 1. The third-order valence-electron chi connectivity index (χ3n) is 2.46. The molecule has 0 atom stereocenters. The van der Waals surface area contributed by atoms with E-state index in [0.29, 0.717) is 5.56 Å². The number of nitriles is 1. The zero-order chi connectivity index (χ0) is 15.1. The van der Waals surface area contributed by atoms with Gasteiger partial charge in [-0.3, -0.25) is 0 Å². The third-order valence-corrected chi connectivity index (χ3v) is 2.46. The smallest absolute Gasteiger partial charge is 0.332 e. The maximum atomic E-state index is 11.4. The number of nitrogens with zero attached hydrogens (tertiary/aromatic N) is 1. The number of carbonyl (C=O) groups is 1. The van der Waals surface area contributed by atoms with E-state index in [1.54, 1.807) is 6.92 Å². The van der Waals surface area contributed by atoms with Crippen molar-refractivity contribution in [3.8, 4) is 23.3 Å². The number of carbonyl (C=O) groups excluding carboxylic acids is 1. The van der Waals surface area contributed by atoms with E-state index < -0.39 is 5.97 Å². The van der Waals surface area contributed by atoms with Gasteiger partial charge in [0.1, 0.15) is 6.07 Å². The summed E-state index contributed by atoms with van der Waals surface area (Å²) in [6.45, 7) is 1.89. The summed E-state index contributed by atoms with van der Waals surface area (Å²) in [6.07, 6.45) is 1.08. The van der Waals surface area contributed by atoms with Crippen molar-refractivity contribution in [3.05, 3.63) is 23.8 Å². The number of ether oxygens (including phenoxy) is 3. The summed E-state index contributed by atoms with van der Waals surface area (Å²) in [7, 11) is 2.75. The van der Waals surface area contributed by atoms with Crippen molar-refractivity contribution in [2.24, 2.45) is 0 Å². The van der Waals surface area contributed by atoms with Crippen LogP contribution in [0.5, 0.6) is 17.2 Å².